The number of hydrogen-bond acceptors (Lipinski definition) is 7. The molecule has 12 heteroatoms. The second-order valence-corrected chi connectivity index (χ2v) is 8.44. The number of aromatic nitrogens is 1. The highest BCUT2D eigenvalue weighted by Crippen LogP contribution is 2.33. The van der Waals surface area contributed by atoms with E-state index in [4.69, 9.17) is 19.4 Å². The molecule has 176 valence electrons. The number of methoxy groups -OCH3 is 1. The van der Waals surface area contributed by atoms with Gasteiger partial charge in [0.05, 0.1) is 22.8 Å². The van der Waals surface area contributed by atoms with Crippen LogP contribution in [0.25, 0.3) is 0 Å². The Balaban J connectivity index is 0.000000423. The van der Waals surface area contributed by atoms with Gasteiger partial charge in [0.25, 0.3) is 0 Å². The first-order valence-corrected chi connectivity index (χ1v) is 10.8. The number of amides is 1. The maximum absolute atomic E-state index is 12.5. The summed E-state index contributed by atoms with van der Waals surface area (Å²) in [6.07, 6.45) is -3.95. The van der Waals surface area contributed by atoms with Crippen molar-refractivity contribution in [3.8, 4) is 0 Å². The highest BCUT2D eigenvalue weighted by Gasteiger charge is 2.46. The number of piperidine rings is 1. The third-order valence-electron chi connectivity index (χ3n) is 5.29. The summed E-state index contributed by atoms with van der Waals surface area (Å²) in [6, 6.07) is 0.219. The topological polar surface area (TPSA) is 92.2 Å². The fourth-order valence-electron chi connectivity index (χ4n) is 3.95. The van der Waals surface area contributed by atoms with Crippen LogP contribution >= 0.6 is 11.3 Å². The van der Waals surface area contributed by atoms with Gasteiger partial charge in [-0.1, -0.05) is 0 Å². The van der Waals surface area contributed by atoms with Crippen LogP contribution in [0.4, 0.5) is 13.2 Å². The second kappa shape index (κ2) is 11.2. The lowest BCUT2D eigenvalue weighted by Crippen LogP contribution is -2.54. The van der Waals surface area contributed by atoms with Gasteiger partial charge in [0.15, 0.2) is 0 Å². The zero-order valence-corrected chi connectivity index (χ0v) is 18.5. The SMILES string of the molecule is CCOCC(=O)N1CC[C@H](OC)[C@H]2CN(Cc3csc(C)n3)C[C@H]21.O=C(O)C(F)(F)F. The van der Waals surface area contributed by atoms with Gasteiger partial charge in [-0.3, -0.25) is 9.69 Å². The normalized spacial score (nSPS) is 23.8. The number of ether oxygens (including phenoxy) is 2. The molecule has 0 bridgehead atoms. The molecule has 3 rings (SSSR count). The molecule has 0 saturated carbocycles. The molecule has 0 aliphatic carbocycles. The summed E-state index contributed by atoms with van der Waals surface area (Å²) in [4.78, 5) is 30.4. The van der Waals surface area contributed by atoms with E-state index in [1.807, 2.05) is 18.7 Å². The second-order valence-electron chi connectivity index (χ2n) is 7.37. The number of nitrogens with zero attached hydrogens (tertiary/aromatic N) is 3. The maximum atomic E-state index is 12.5. The van der Waals surface area contributed by atoms with Crippen LogP contribution in [0.1, 0.15) is 24.0 Å². The Morgan fingerprint density at radius 2 is 2.03 bits per heavy atom. The molecule has 3 atom stereocenters. The van der Waals surface area contributed by atoms with Gasteiger partial charge in [0.1, 0.15) is 6.61 Å². The molecule has 0 radical (unpaired) electrons. The Labute approximate surface area is 182 Å². The van der Waals surface area contributed by atoms with Crippen molar-refractivity contribution in [1.29, 1.82) is 0 Å². The Bertz CT molecular complexity index is 746. The number of alkyl halides is 3. The van der Waals surface area contributed by atoms with Crippen molar-refractivity contribution in [2.75, 3.05) is 40.0 Å². The number of carbonyl (C=O) groups excluding carboxylic acids is 1. The molecule has 3 heterocycles. The van der Waals surface area contributed by atoms with Crippen LogP contribution in [0.5, 0.6) is 0 Å². The fraction of sp³-hybridized carbons (Fsp3) is 0.737. The third-order valence-corrected chi connectivity index (χ3v) is 6.11. The molecule has 2 fully saturated rings. The first kappa shape index (κ1) is 25.5. The van der Waals surface area contributed by atoms with Crippen molar-refractivity contribution in [3.05, 3.63) is 16.1 Å². The summed E-state index contributed by atoms with van der Waals surface area (Å²) < 4.78 is 42.8. The predicted octanol–water partition coefficient (Wildman–Crippen LogP) is 2.17. The van der Waals surface area contributed by atoms with E-state index in [1.54, 1.807) is 18.4 Å². The summed E-state index contributed by atoms with van der Waals surface area (Å²) in [5.74, 6) is -2.28. The van der Waals surface area contributed by atoms with Crippen molar-refractivity contribution >= 4 is 23.2 Å². The molecular weight excluding hydrogens is 439 g/mol. The Kier molecular flexibility index (Phi) is 9.22. The molecule has 1 amide bonds. The van der Waals surface area contributed by atoms with Crippen molar-refractivity contribution in [1.82, 2.24) is 14.8 Å². The average molecular weight is 468 g/mol. The van der Waals surface area contributed by atoms with Crippen LogP contribution < -0.4 is 0 Å². The van der Waals surface area contributed by atoms with E-state index in [0.717, 1.165) is 43.3 Å². The third kappa shape index (κ3) is 7.13. The van der Waals surface area contributed by atoms with Crippen molar-refractivity contribution in [2.24, 2.45) is 5.92 Å². The van der Waals surface area contributed by atoms with E-state index in [9.17, 15) is 18.0 Å². The Morgan fingerprint density at radius 3 is 2.55 bits per heavy atom. The van der Waals surface area contributed by atoms with Crippen molar-refractivity contribution < 1.29 is 37.3 Å². The molecule has 1 N–H and O–H groups in total. The van der Waals surface area contributed by atoms with Gasteiger partial charge in [0, 0.05) is 51.2 Å². The standard InChI is InChI=1S/C17H27N3O3S.C2HF3O2/c1-4-23-10-17(21)20-6-5-16(22-3)14-8-19(9-15(14)20)7-13-11-24-12(2)18-13;3-2(4,5)1(6)7/h11,14-16H,4-10H2,1-3H3;(H,6,7)/t14-,15+,16-;/m0./s1. The minimum Gasteiger partial charge on any atom is -0.475 e. The largest absolute Gasteiger partial charge is 0.490 e. The monoisotopic (exact) mass is 467 g/mol. The molecule has 1 aromatic rings. The highest BCUT2D eigenvalue weighted by atomic mass is 32.1. The van der Waals surface area contributed by atoms with Gasteiger partial charge < -0.3 is 19.5 Å². The number of thiazole rings is 1. The smallest absolute Gasteiger partial charge is 0.475 e. The van der Waals surface area contributed by atoms with Crippen molar-refractivity contribution in [3.63, 3.8) is 0 Å². The first-order valence-electron chi connectivity index (χ1n) is 9.90. The van der Waals surface area contributed by atoms with Crippen molar-refractivity contribution in [2.45, 2.75) is 45.1 Å². The van der Waals surface area contributed by atoms with E-state index in [-0.39, 0.29) is 24.7 Å². The molecular formula is C19H28F3N3O5S. The van der Waals surface area contributed by atoms with Gasteiger partial charge >= 0.3 is 12.1 Å². The van der Waals surface area contributed by atoms with Crippen LogP contribution in [-0.4, -0.2) is 90.0 Å². The zero-order chi connectivity index (χ0) is 23.2. The molecule has 0 unspecified atom stereocenters. The van der Waals surface area contributed by atoms with Gasteiger partial charge in [-0.2, -0.15) is 13.2 Å². The Morgan fingerprint density at radius 1 is 1.35 bits per heavy atom. The van der Waals surface area contributed by atoms with Crippen LogP contribution in [0.15, 0.2) is 5.38 Å². The highest BCUT2D eigenvalue weighted by molar-refractivity contribution is 7.09. The van der Waals surface area contributed by atoms with E-state index in [1.165, 1.54) is 0 Å². The molecule has 2 saturated heterocycles. The number of aliphatic carboxylic acids is 1. The fourth-order valence-corrected chi connectivity index (χ4v) is 4.55. The number of carboxylic acids is 1. The number of fused-ring (bicyclic) bond motifs is 1. The lowest BCUT2D eigenvalue weighted by atomic mass is 9.89. The van der Waals surface area contributed by atoms with E-state index in [2.05, 4.69) is 15.3 Å². The van der Waals surface area contributed by atoms with E-state index < -0.39 is 12.1 Å². The lowest BCUT2D eigenvalue weighted by molar-refractivity contribution is -0.192. The van der Waals surface area contributed by atoms with Gasteiger partial charge in [0.2, 0.25) is 5.91 Å². The van der Waals surface area contributed by atoms with Crippen LogP contribution in [0, 0.1) is 12.8 Å². The molecule has 2 aliphatic heterocycles. The number of carbonyl (C=O) groups is 2. The first-order chi connectivity index (χ1) is 14.6. The Hall–Kier alpha value is -1.76. The summed E-state index contributed by atoms with van der Waals surface area (Å²) in [5, 5.41) is 10.4. The number of carboxylic acid groups (broad SMARTS) is 1. The molecule has 1 aromatic heterocycles. The van der Waals surface area contributed by atoms with Crippen LogP contribution in [-0.2, 0) is 25.6 Å². The van der Waals surface area contributed by atoms with Gasteiger partial charge in [-0.05, 0) is 20.3 Å². The van der Waals surface area contributed by atoms with Crippen LogP contribution in [0.2, 0.25) is 0 Å². The molecule has 0 aromatic carbocycles. The summed E-state index contributed by atoms with van der Waals surface area (Å²) >= 11 is 1.69. The zero-order valence-electron chi connectivity index (χ0n) is 17.7. The van der Waals surface area contributed by atoms with E-state index >= 15 is 0 Å². The summed E-state index contributed by atoms with van der Waals surface area (Å²) in [7, 11) is 1.78. The van der Waals surface area contributed by atoms with Gasteiger partial charge in [-0.25, -0.2) is 9.78 Å². The molecule has 31 heavy (non-hydrogen) atoms. The maximum Gasteiger partial charge on any atom is 0.490 e. The molecule has 0 spiro atoms. The minimum atomic E-state index is -5.08. The number of aryl methyl sites for hydroxylation is 1. The lowest BCUT2D eigenvalue weighted by Gasteiger charge is -2.41. The summed E-state index contributed by atoms with van der Waals surface area (Å²) in [6.45, 7) is 8.16. The van der Waals surface area contributed by atoms with Crippen LogP contribution in [0.3, 0.4) is 0 Å². The average Bonchev–Trinajstić information content (AvgIpc) is 3.31. The molecule has 8 nitrogen and oxygen atoms in total. The van der Waals surface area contributed by atoms with E-state index in [0.29, 0.717) is 12.5 Å². The minimum absolute atomic E-state index is 0.104. The summed E-state index contributed by atoms with van der Waals surface area (Å²) in [5.41, 5.74) is 1.12. The number of likely N-dealkylation sites (tertiary alicyclic amines) is 2. The number of hydrogen-bond donors (Lipinski definition) is 1. The number of rotatable bonds is 6. The number of halogens is 3. The quantitative estimate of drug-likeness (QED) is 0.686. The molecule has 2 aliphatic rings. The predicted molar refractivity (Wildman–Crippen MR) is 107 cm³/mol. The van der Waals surface area contributed by atoms with Gasteiger partial charge in [-0.15, -0.1) is 11.3 Å².